The van der Waals surface area contributed by atoms with Gasteiger partial charge in [-0.15, -0.1) is 11.3 Å². The van der Waals surface area contributed by atoms with Gasteiger partial charge < -0.3 is 15.0 Å². The molecule has 5 rings (SSSR count). The summed E-state index contributed by atoms with van der Waals surface area (Å²) >= 11 is 8.32. The van der Waals surface area contributed by atoms with E-state index in [0.29, 0.717) is 28.2 Å². The summed E-state index contributed by atoms with van der Waals surface area (Å²) in [5, 5.41) is 10.1. The van der Waals surface area contributed by atoms with E-state index < -0.39 is 10.0 Å². The number of nitrogens with zero attached hydrogens (tertiary/aromatic N) is 1. The van der Waals surface area contributed by atoms with Gasteiger partial charge in [0, 0.05) is 34.3 Å². The van der Waals surface area contributed by atoms with Crippen molar-refractivity contribution in [1.29, 1.82) is 0 Å². The van der Waals surface area contributed by atoms with Crippen LogP contribution in [-0.2, 0) is 16.6 Å². The maximum Gasteiger partial charge on any atom is 0.266 e. The van der Waals surface area contributed by atoms with Crippen LogP contribution in [0, 0.1) is 6.92 Å². The Morgan fingerprint density at radius 2 is 1.76 bits per heavy atom. The molecule has 216 valence electrons. The quantitative estimate of drug-likeness (QED) is 0.241. The van der Waals surface area contributed by atoms with Crippen molar-refractivity contribution >= 4 is 49.0 Å². The zero-order chi connectivity index (χ0) is 29.3. The Kier molecular flexibility index (Phi) is 8.73. The molecule has 0 radical (unpaired) electrons. The molecule has 1 aromatic heterocycles. The molecule has 3 aromatic carbocycles. The maximum atomic E-state index is 14.3. The lowest BCUT2D eigenvalue weighted by molar-refractivity contribution is 0.0604. The molecule has 0 bridgehead atoms. The summed E-state index contributed by atoms with van der Waals surface area (Å²) in [7, 11) is -0.180. The number of halogens is 1. The number of nitrogens with one attached hydrogen (secondary N) is 1. The van der Waals surface area contributed by atoms with Crippen LogP contribution in [0.5, 0.6) is 5.75 Å². The van der Waals surface area contributed by atoms with Crippen molar-refractivity contribution in [1.82, 2.24) is 10.2 Å². The summed E-state index contributed by atoms with van der Waals surface area (Å²) in [4.78, 5) is 16.9. The standard InChI is InChI=1S/C31H34ClN3O4S2/c1-19-5-4-6-27-28(19)29(32)30(40-27)31(36)35(24-12-10-23(34-2)11-13-24)18-22-17-21(9-16-26(22)39-3)20-7-14-25(15-8-20)41(33,37)38/h4-9,14-17,23-24,34H,10-13,18H2,1-3H3,(H2,33,37,38)/t23-,24-. The van der Waals surface area contributed by atoms with Gasteiger partial charge in [0.15, 0.2) is 0 Å². The molecule has 0 aliphatic heterocycles. The average molecular weight is 612 g/mol. The highest BCUT2D eigenvalue weighted by atomic mass is 35.5. The number of hydrogen-bond acceptors (Lipinski definition) is 6. The SMILES string of the molecule is CN[C@H]1CC[C@H](N(Cc2cc(-c3ccc(S(N)(=O)=O)cc3)ccc2OC)C(=O)c2sc3cccc(C)c3c2Cl)CC1. The van der Waals surface area contributed by atoms with Crippen molar-refractivity contribution in [3.63, 3.8) is 0 Å². The van der Waals surface area contributed by atoms with Crippen LogP contribution in [0.1, 0.15) is 46.5 Å². The number of ether oxygens (including phenoxy) is 1. The van der Waals surface area contributed by atoms with Gasteiger partial charge in [-0.3, -0.25) is 4.79 Å². The van der Waals surface area contributed by atoms with Crippen LogP contribution in [0.2, 0.25) is 5.02 Å². The van der Waals surface area contributed by atoms with Crippen molar-refractivity contribution in [3.05, 3.63) is 81.7 Å². The van der Waals surface area contributed by atoms with Crippen LogP contribution in [0.15, 0.2) is 65.6 Å². The number of rotatable bonds is 8. The molecular formula is C31H34ClN3O4S2. The van der Waals surface area contributed by atoms with Gasteiger partial charge in [-0.25, -0.2) is 13.6 Å². The van der Waals surface area contributed by atoms with Crippen molar-refractivity contribution in [2.75, 3.05) is 14.2 Å². The van der Waals surface area contributed by atoms with Crippen LogP contribution < -0.4 is 15.2 Å². The van der Waals surface area contributed by atoms with Crippen LogP contribution in [-0.4, -0.2) is 45.5 Å². The fourth-order valence-electron chi connectivity index (χ4n) is 5.69. The molecule has 0 atom stereocenters. The molecule has 1 aliphatic rings. The molecule has 1 heterocycles. The van der Waals surface area contributed by atoms with Crippen LogP contribution in [0.25, 0.3) is 21.2 Å². The number of carbonyl (C=O) groups excluding carboxylic acids is 1. The summed E-state index contributed by atoms with van der Waals surface area (Å²) in [5.74, 6) is 0.600. The number of fused-ring (bicyclic) bond motifs is 1. The Morgan fingerprint density at radius 3 is 2.37 bits per heavy atom. The maximum absolute atomic E-state index is 14.3. The predicted molar refractivity (Wildman–Crippen MR) is 166 cm³/mol. The third kappa shape index (κ3) is 6.15. The minimum absolute atomic E-state index is 0.0527. The van der Waals surface area contributed by atoms with Gasteiger partial charge in [0.1, 0.15) is 10.6 Å². The van der Waals surface area contributed by atoms with Crippen molar-refractivity contribution in [2.45, 2.75) is 56.1 Å². The molecule has 10 heteroatoms. The molecule has 1 fully saturated rings. The van der Waals surface area contributed by atoms with Gasteiger partial charge in [-0.05, 0) is 86.7 Å². The van der Waals surface area contributed by atoms with E-state index in [1.165, 1.54) is 23.5 Å². The first-order valence-corrected chi connectivity index (χ1v) is 16.3. The Labute approximate surface area is 250 Å². The Balaban J connectivity index is 1.53. The van der Waals surface area contributed by atoms with Gasteiger partial charge in [0.25, 0.3) is 5.91 Å². The number of amides is 1. The van der Waals surface area contributed by atoms with E-state index in [1.807, 2.05) is 55.3 Å². The number of primary sulfonamides is 1. The second-order valence-corrected chi connectivity index (χ2v) is 13.5. The first-order valence-electron chi connectivity index (χ1n) is 13.6. The van der Waals surface area contributed by atoms with Crippen LogP contribution in [0.4, 0.5) is 0 Å². The fourth-order valence-corrected chi connectivity index (χ4v) is 7.84. The largest absolute Gasteiger partial charge is 0.496 e. The summed E-state index contributed by atoms with van der Waals surface area (Å²) in [6.45, 7) is 2.36. The number of carbonyl (C=O) groups is 1. The lowest BCUT2D eigenvalue weighted by Crippen LogP contribution is -2.44. The van der Waals surface area contributed by atoms with Gasteiger partial charge in [-0.1, -0.05) is 41.9 Å². The topological polar surface area (TPSA) is 102 Å². The van der Waals surface area contributed by atoms with E-state index >= 15 is 0 Å². The highest BCUT2D eigenvalue weighted by Gasteiger charge is 2.32. The molecule has 0 spiro atoms. The monoisotopic (exact) mass is 611 g/mol. The van der Waals surface area contributed by atoms with Gasteiger partial charge in [0.2, 0.25) is 10.0 Å². The lowest BCUT2D eigenvalue weighted by atomic mass is 9.89. The lowest BCUT2D eigenvalue weighted by Gasteiger charge is -2.37. The number of aryl methyl sites for hydroxylation is 1. The van der Waals surface area contributed by atoms with Crippen molar-refractivity contribution in [2.24, 2.45) is 5.14 Å². The third-order valence-electron chi connectivity index (χ3n) is 8.00. The number of sulfonamides is 1. The smallest absolute Gasteiger partial charge is 0.266 e. The predicted octanol–water partition coefficient (Wildman–Crippen LogP) is 6.36. The number of hydrogen-bond donors (Lipinski definition) is 2. The Hall–Kier alpha value is -2.95. The Morgan fingerprint density at radius 1 is 1.07 bits per heavy atom. The van der Waals surface area contributed by atoms with Crippen LogP contribution in [0.3, 0.4) is 0 Å². The molecule has 0 unspecified atom stereocenters. The second-order valence-electron chi connectivity index (χ2n) is 10.5. The molecule has 7 nitrogen and oxygen atoms in total. The van der Waals surface area contributed by atoms with Gasteiger partial charge in [-0.2, -0.15) is 0 Å². The number of methoxy groups -OCH3 is 1. The molecule has 0 saturated heterocycles. The van der Waals surface area contributed by atoms with E-state index in [2.05, 4.69) is 5.32 Å². The first-order chi connectivity index (χ1) is 19.6. The highest BCUT2D eigenvalue weighted by Crippen LogP contribution is 2.40. The number of thiophene rings is 1. The molecule has 41 heavy (non-hydrogen) atoms. The highest BCUT2D eigenvalue weighted by molar-refractivity contribution is 7.89. The van der Waals surface area contributed by atoms with Crippen LogP contribution >= 0.6 is 22.9 Å². The average Bonchev–Trinajstić information content (AvgIpc) is 3.32. The van der Waals surface area contributed by atoms with E-state index in [1.54, 1.807) is 19.2 Å². The Bertz CT molecular complexity index is 1680. The summed E-state index contributed by atoms with van der Waals surface area (Å²) in [5.41, 5.74) is 3.62. The molecule has 4 aromatic rings. The van der Waals surface area contributed by atoms with Crippen molar-refractivity contribution in [3.8, 4) is 16.9 Å². The van der Waals surface area contributed by atoms with E-state index in [4.69, 9.17) is 21.5 Å². The van der Waals surface area contributed by atoms with Gasteiger partial charge in [0.05, 0.1) is 17.0 Å². The molecule has 1 aliphatic carbocycles. The minimum Gasteiger partial charge on any atom is -0.496 e. The zero-order valence-electron chi connectivity index (χ0n) is 23.3. The molecular weight excluding hydrogens is 578 g/mol. The zero-order valence-corrected chi connectivity index (χ0v) is 25.7. The summed E-state index contributed by atoms with van der Waals surface area (Å²) < 4.78 is 30.2. The fraction of sp³-hybridized carbons (Fsp3) is 0.323. The number of benzene rings is 3. The van der Waals surface area contributed by atoms with Crippen molar-refractivity contribution < 1.29 is 17.9 Å². The van der Waals surface area contributed by atoms with E-state index in [-0.39, 0.29) is 16.8 Å². The van der Waals surface area contributed by atoms with Gasteiger partial charge >= 0.3 is 0 Å². The van der Waals surface area contributed by atoms with E-state index in [0.717, 1.165) is 58.0 Å². The minimum atomic E-state index is -3.79. The molecule has 1 amide bonds. The van der Waals surface area contributed by atoms with E-state index in [9.17, 15) is 13.2 Å². The first kappa shape index (κ1) is 29.5. The summed E-state index contributed by atoms with van der Waals surface area (Å²) in [6, 6.07) is 18.8. The third-order valence-corrected chi connectivity index (χ3v) is 10.6. The molecule has 1 saturated carbocycles. The number of nitrogens with two attached hydrogens (primary N) is 1. The summed E-state index contributed by atoms with van der Waals surface area (Å²) in [6.07, 6.45) is 3.74. The second kappa shape index (κ2) is 12.1. The molecule has 3 N–H and O–H groups in total. The normalized spacial score (nSPS) is 17.5.